The number of carbonyl (C=O) groups excluding carboxylic acids is 1. The number of para-hydroxylation sites is 1. The van der Waals surface area contributed by atoms with Crippen LogP contribution in [0.4, 0.5) is 0 Å². The lowest BCUT2D eigenvalue weighted by Crippen LogP contribution is -2.55. The first-order valence-electron chi connectivity index (χ1n) is 9.62. The number of nitrogens with zero attached hydrogens (tertiary/aromatic N) is 2. The average Bonchev–Trinajstić information content (AvgIpc) is 3.39. The fourth-order valence-electron chi connectivity index (χ4n) is 3.91. The van der Waals surface area contributed by atoms with Crippen LogP contribution in [-0.4, -0.2) is 52.0 Å². The van der Waals surface area contributed by atoms with Gasteiger partial charge in [-0.3, -0.25) is 19.5 Å². The lowest BCUT2D eigenvalue weighted by Gasteiger charge is -2.42. The number of rotatable bonds is 7. The van der Waals surface area contributed by atoms with E-state index in [4.69, 9.17) is 5.11 Å². The Morgan fingerprint density at radius 3 is 2.70 bits per heavy atom. The summed E-state index contributed by atoms with van der Waals surface area (Å²) >= 11 is 0. The van der Waals surface area contributed by atoms with Crippen LogP contribution in [0.15, 0.2) is 30.3 Å². The molecule has 1 aromatic carbocycles. The Labute approximate surface area is 158 Å². The van der Waals surface area contributed by atoms with Gasteiger partial charge in [0.2, 0.25) is 0 Å². The quantitative estimate of drug-likeness (QED) is 0.786. The molecule has 142 valence electrons. The number of aryl methyl sites for hydroxylation is 1. The molecule has 0 spiro atoms. The summed E-state index contributed by atoms with van der Waals surface area (Å²) in [4.78, 5) is 30.5. The number of fused-ring (bicyclic) bond motifs is 1. The van der Waals surface area contributed by atoms with Crippen molar-refractivity contribution < 1.29 is 14.7 Å². The molecule has 0 saturated heterocycles. The summed E-state index contributed by atoms with van der Waals surface area (Å²) in [5, 5.41) is 13.1. The molecule has 2 N–H and O–H groups in total. The molecule has 4 rings (SSSR count). The second kappa shape index (κ2) is 7.27. The van der Waals surface area contributed by atoms with E-state index < -0.39 is 5.97 Å². The molecule has 0 radical (unpaired) electrons. The van der Waals surface area contributed by atoms with E-state index in [2.05, 4.69) is 15.2 Å². The summed E-state index contributed by atoms with van der Waals surface area (Å²) in [5.41, 5.74) is 2.30. The first-order chi connectivity index (χ1) is 13.0. The molecule has 6 nitrogen and oxygen atoms in total. The van der Waals surface area contributed by atoms with Crippen molar-refractivity contribution in [3.05, 3.63) is 41.6 Å². The van der Waals surface area contributed by atoms with E-state index in [1.54, 1.807) is 0 Å². The third-order valence-electron chi connectivity index (χ3n) is 5.58. The van der Waals surface area contributed by atoms with Crippen molar-refractivity contribution in [2.75, 3.05) is 13.1 Å². The molecule has 0 bridgehead atoms. The molecule has 2 aromatic rings. The Kier molecular flexibility index (Phi) is 4.83. The van der Waals surface area contributed by atoms with Crippen molar-refractivity contribution in [3.63, 3.8) is 0 Å². The molecule has 27 heavy (non-hydrogen) atoms. The van der Waals surface area contributed by atoms with Crippen LogP contribution in [0.1, 0.15) is 41.7 Å². The molecule has 2 aliphatic carbocycles. The monoisotopic (exact) mass is 367 g/mol. The van der Waals surface area contributed by atoms with Gasteiger partial charge in [-0.15, -0.1) is 0 Å². The number of pyridine rings is 1. The van der Waals surface area contributed by atoms with E-state index in [-0.39, 0.29) is 24.5 Å². The Bertz CT molecular complexity index is 872. The van der Waals surface area contributed by atoms with Crippen molar-refractivity contribution in [2.45, 2.75) is 44.7 Å². The van der Waals surface area contributed by atoms with Crippen LogP contribution in [0.25, 0.3) is 10.9 Å². The van der Waals surface area contributed by atoms with Crippen LogP contribution in [0, 0.1) is 12.8 Å². The van der Waals surface area contributed by atoms with Gasteiger partial charge in [0.15, 0.2) is 0 Å². The highest BCUT2D eigenvalue weighted by Crippen LogP contribution is 2.34. The average molecular weight is 367 g/mol. The lowest BCUT2D eigenvalue weighted by molar-refractivity contribution is -0.139. The zero-order chi connectivity index (χ0) is 19.0. The largest absolute Gasteiger partial charge is 0.480 e. The van der Waals surface area contributed by atoms with E-state index in [9.17, 15) is 9.59 Å². The number of aromatic nitrogens is 1. The number of aliphatic carboxylic acids is 1. The lowest BCUT2D eigenvalue weighted by atomic mass is 9.85. The van der Waals surface area contributed by atoms with E-state index in [1.165, 1.54) is 12.8 Å². The standard InChI is InChI=1S/C21H25N3O3/c1-13-8-18(17-4-2-3-5-19(17)22-13)21(27)23-15-9-16(10-15)24(12-20(25)26)11-14-6-7-14/h2-5,8,14-16H,6-7,9-12H2,1H3,(H,23,27)(H,25,26). The molecular weight excluding hydrogens is 342 g/mol. The van der Waals surface area contributed by atoms with Gasteiger partial charge in [-0.2, -0.15) is 0 Å². The number of carboxylic acid groups (broad SMARTS) is 1. The highest BCUT2D eigenvalue weighted by atomic mass is 16.4. The number of carboxylic acids is 1. The molecule has 0 atom stereocenters. The number of hydrogen-bond acceptors (Lipinski definition) is 4. The fourth-order valence-corrected chi connectivity index (χ4v) is 3.91. The van der Waals surface area contributed by atoms with Gasteiger partial charge in [-0.05, 0) is 50.7 Å². The molecule has 0 aliphatic heterocycles. The summed E-state index contributed by atoms with van der Waals surface area (Å²) in [5.74, 6) is -0.196. The first kappa shape index (κ1) is 17.9. The SMILES string of the molecule is Cc1cc(C(=O)NC2CC(N(CC(=O)O)CC3CC3)C2)c2ccccc2n1. The normalized spacial score (nSPS) is 21.9. The predicted octanol–water partition coefficient (Wildman–Crippen LogP) is 2.60. The van der Waals surface area contributed by atoms with Gasteiger partial charge >= 0.3 is 5.97 Å². The van der Waals surface area contributed by atoms with Crippen molar-refractivity contribution >= 4 is 22.8 Å². The summed E-state index contributed by atoms with van der Waals surface area (Å²) in [6.07, 6.45) is 4.04. The fraction of sp³-hybridized carbons (Fsp3) is 0.476. The highest BCUT2D eigenvalue weighted by Gasteiger charge is 2.37. The topological polar surface area (TPSA) is 82.5 Å². The molecule has 2 aliphatic rings. The Balaban J connectivity index is 1.39. The minimum absolute atomic E-state index is 0.0767. The number of benzene rings is 1. The molecule has 1 aromatic heterocycles. The smallest absolute Gasteiger partial charge is 0.317 e. The van der Waals surface area contributed by atoms with E-state index in [0.29, 0.717) is 11.5 Å². The second-order valence-electron chi connectivity index (χ2n) is 7.89. The Morgan fingerprint density at radius 2 is 2.00 bits per heavy atom. The summed E-state index contributed by atoms with van der Waals surface area (Å²) < 4.78 is 0. The molecule has 1 amide bonds. The van der Waals surface area contributed by atoms with Crippen LogP contribution in [-0.2, 0) is 4.79 Å². The van der Waals surface area contributed by atoms with Crippen molar-refractivity contribution in [1.82, 2.24) is 15.2 Å². The van der Waals surface area contributed by atoms with Gasteiger partial charge in [0.1, 0.15) is 0 Å². The maximum Gasteiger partial charge on any atom is 0.317 e. The van der Waals surface area contributed by atoms with Gasteiger partial charge < -0.3 is 10.4 Å². The summed E-state index contributed by atoms with van der Waals surface area (Å²) in [7, 11) is 0. The highest BCUT2D eigenvalue weighted by molar-refractivity contribution is 6.06. The van der Waals surface area contributed by atoms with Crippen LogP contribution >= 0.6 is 0 Å². The number of amides is 1. The van der Waals surface area contributed by atoms with Gasteiger partial charge in [0.05, 0.1) is 17.6 Å². The van der Waals surface area contributed by atoms with Gasteiger partial charge in [-0.1, -0.05) is 18.2 Å². The third kappa shape index (κ3) is 4.11. The maximum atomic E-state index is 12.8. The zero-order valence-corrected chi connectivity index (χ0v) is 15.5. The van der Waals surface area contributed by atoms with Gasteiger partial charge in [-0.25, -0.2) is 0 Å². The molecule has 2 fully saturated rings. The van der Waals surface area contributed by atoms with Crippen LogP contribution < -0.4 is 5.32 Å². The van der Waals surface area contributed by atoms with E-state index >= 15 is 0 Å². The minimum Gasteiger partial charge on any atom is -0.480 e. The van der Waals surface area contributed by atoms with E-state index in [0.717, 1.165) is 36.0 Å². The summed E-state index contributed by atoms with van der Waals surface area (Å²) in [6.45, 7) is 2.85. The molecular formula is C21H25N3O3. The third-order valence-corrected chi connectivity index (χ3v) is 5.58. The second-order valence-corrected chi connectivity index (χ2v) is 7.89. The van der Waals surface area contributed by atoms with Crippen molar-refractivity contribution in [1.29, 1.82) is 0 Å². The number of carbonyl (C=O) groups is 2. The predicted molar refractivity (Wildman–Crippen MR) is 103 cm³/mol. The summed E-state index contributed by atoms with van der Waals surface area (Å²) in [6, 6.07) is 9.86. The maximum absolute atomic E-state index is 12.8. The molecule has 1 heterocycles. The number of hydrogen-bond donors (Lipinski definition) is 2. The first-order valence-corrected chi connectivity index (χ1v) is 9.62. The molecule has 2 saturated carbocycles. The van der Waals surface area contributed by atoms with Crippen LogP contribution in [0.3, 0.4) is 0 Å². The molecule has 6 heteroatoms. The van der Waals surface area contributed by atoms with Crippen LogP contribution in [0.5, 0.6) is 0 Å². The van der Waals surface area contributed by atoms with Crippen LogP contribution in [0.2, 0.25) is 0 Å². The minimum atomic E-state index is -0.776. The number of nitrogens with one attached hydrogen (secondary N) is 1. The Hall–Kier alpha value is -2.47. The van der Waals surface area contributed by atoms with E-state index in [1.807, 2.05) is 37.3 Å². The molecule has 0 unspecified atom stereocenters. The van der Waals surface area contributed by atoms with Crippen molar-refractivity contribution in [3.8, 4) is 0 Å². The zero-order valence-electron chi connectivity index (χ0n) is 15.5. The van der Waals surface area contributed by atoms with Crippen molar-refractivity contribution in [2.24, 2.45) is 5.92 Å². The Morgan fingerprint density at radius 1 is 1.26 bits per heavy atom. The van der Waals surface area contributed by atoms with Gasteiger partial charge in [0, 0.05) is 29.7 Å². The van der Waals surface area contributed by atoms with Gasteiger partial charge in [0.25, 0.3) is 5.91 Å².